The molecular formula is C29H35NO5. The zero-order chi connectivity index (χ0) is 24.8. The first-order valence-corrected chi connectivity index (χ1v) is 12.7. The third-order valence-corrected chi connectivity index (χ3v) is 7.79. The van der Waals surface area contributed by atoms with Crippen LogP contribution in [0, 0.1) is 11.8 Å². The lowest BCUT2D eigenvalue weighted by molar-refractivity contribution is -0.184. The molecule has 0 unspecified atom stereocenters. The number of esters is 1. The van der Waals surface area contributed by atoms with Crippen LogP contribution in [0.4, 0.5) is 4.79 Å². The van der Waals surface area contributed by atoms with Gasteiger partial charge in [-0.3, -0.25) is 4.79 Å². The predicted molar refractivity (Wildman–Crippen MR) is 133 cm³/mol. The molecule has 1 saturated heterocycles. The van der Waals surface area contributed by atoms with Crippen LogP contribution in [-0.4, -0.2) is 53.0 Å². The first-order chi connectivity index (χ1) is 16.6. The molecule has 1 saturated carbocycles. The summed E-state index contributed by atoms with van der Waals surface area (Å²) in [4.78, 5) is 26.9. The molecule has 6 nitrogen and oxygen atoms in total. The van der Waals surface area contributed by atoms with Gasteiger partial charge in [0.15, 0.2) is 0 Å². The van der Waals surface area contributed by atoms with Crippen LogP contribution in [0.2, 0.25) is 0 Å². The highest BCUT2D eigenvalue weighted by Gasteiger charge is 2.52. The maximum absolute atomic E-state index is 12.9. The van der Waals surface area contributed by atoms with Gasteiger partial charge in [0.05, 0.1) is 11.5 Å². The first kappa shape index (κ1) is 23.9. The van der Waals surface area contributed by atoms with Gasteiger partial charge in [-0.15, -0.1) is 0 Å². The van der Waals surface area contributed by atoms with Crippen molar-refractivity contribution in [1.82, 2.24) is 4.90 Å². The molecule has 1 amide bonds. The molecule has 1 aliphatic heterocycles. The van der Waals surface area contributed by atoms with Crippen LogP contribution in [0.5, 0.6) is 0 Å². The summed E-state index contributed by atoms with van der Waals surface area (Å²) in [5, 5.41) is 11.1. The molecule has 2 fully saturated rings. The molecule has 0 aromatic heterocycles. The van der Waals surface area contributed by atoms with Gasteiger partial charge in [0, 0.05) is 19.0 Å². The van der Waals surface area contributed by atoms with E-state index in [1.807, 2.05) is 45.0 Å². The Labute approximate surface area is 207 Å². The van der Waals surface area contributed by atoms with Crippen molar-refractivity contribution in [3.63, 3.8) is 0 Å². The van der Waals surface area contributed by atoms with Gasteiger partial charge >= 0.3 is 12.1 Å². The topological polar surface area (TPSA) is 76.1 Å². The van der Waals surface area contributed by atoms with Crippen molar-refractivity contribution in [1.29, 1.82) is 0 Å². The number of hydrogen-bond acceptors (Lipinski definition) is 5. The van der Waals surface area contributed by atoms with E-state index in [1.54, 1.807) is 4.90 Å². The van der Waals surface area contributed by atoms with Crippen LogP contribution >= 0.6 is 0 Å². The molecule has 3 aliphatic rings. The molecule has 0 radical (unpaired) electrons. The molecule has 2 aromatic rings. The van der Waals surface area contributed by atoms with Gasteiger partial charge in [-0.05, 0) is 74.6 Å². The quantitative estimate of drug-likeness (QED) is 0.618. The number of carbonyl (C=O) groups is 2. The van der Waals surface area contributed by atoms with Gasteiger partial charge in [-0.25, -0.2) is 4.79 Å². The number of aliphatic hydroxyl groups is 1. The fourth-order valence-electron chi connectivity index (χ4n) is 5.96. The lowest BCUT2D eigenvalue weighted by Crippen LogP contribution is -2.56. The molecule has 186 valence electrons. The van der Waals surface area contributed by atoms with Gasteiger partial charge < -0.3 is 19.5 Å². The minimum Gasteiger partial charge on any atom is -0.460 e. The summed E-state index contributed by atoms with van der Waals surface area (Å²) in [5.41, 5.74) is 3.47. The van der Waals surface area contributed by atoms with E-state index >= 15 is 0 Å². The highest BCUT2D eigenvalue weighted by Crippen LogP contribution is 2.48. The molecule has 5 rings (SSSR count). The van der Waals surface area contributed by atoms with Crippen molar-refractivity contribution >= 4 is 12.1 Å². The fourth-order valence-corrected chi connectivity index (χ4v) is 5.96. The van der Waals surface area contributed by atoms with E-state index in [1.165, 1.54) is 22.3 Å². The van der Waals surface area contributed by atoms with E-state index in [-0.39, 0.29) is 29.8 Å². The summed E-state index contributed by atoms with van der Waals surface area (Å²) in [7, 11) is 0. The van der Waals surface area contributed by atoms with E-state index in [9.17, 15) is 14.7 Å². The number of piperidine rings is 1. The predicted octanol–water partition coefficient (Wildman–Crippen LogP) is 5.13. The molecule has 0 spiro atoms. The van der Waals surface area contributed by atoms with Crippen LogP contribution in [0.1, 0.15) is 63.5 Å². The van der Waals surface area contributed by atoms with Gasteiger partial charge in [0.2, 0.25) is 0 Å². The molecule has 0 atom stereocenters. The summed E-state index contributed by atoms with van der Waals surface area (Å²) in [6.45, 7) is 6.99. The molecule has 6 heteroatoms. The number of fused-ring (bicyclic) bond motifs is 3. The zero-order valence-electron chi connectivity index (χ0n) is 20.8. The summed E-state index contributed by atoms with van der Waals surface area (Å²) < 4.78 is 11.3. The van der Waals surface area contributed by atoms with Gasteiger partial charge in [0.25, 0.3) is 0 Å². The highest BCUT2D eigenvalue weighted by atomic mass is 16.6. The average molecular weight is 478 g/mol. The minimum absolute atomic E-state index is 0.0457. The standard InChI is InChI=1S/C29H35NO5/c1-28(2,3)35-26(31)19-16-29(33,17-19)20-12-14-30(15-13-20)27(32)34-18-25-23-10-6-4-8-21(23)22-9-5-7-11-24(22)25/h4-11,19-20,25,33H,12-18H2,1-3H3. The Morgan fingerprint density at radius 1 is 0.971 bits per heavy atom. The third-order valence-electron chi connectivity index (χ3n) is 7.79. The summed E-state index contributed by atoms with van der Waals surface area (Å²) in [6, 6.07) is 16.6. The molecule has 2 aromatic carbocycles. The van der Waals surface area contributed by atoms with E-state index in [2.05, 4.69) is 24.3 Å². The van der Waals surface area contributed by atoms with Crippen LogP contribution in [0.3, 0.4) is 0 Å². The SMILES string of the molecule is CC(C)(C)OC(=O)C1CC(O)(C2CCN(C(=O)OCC3c4ccccc4-c4ccccc43)CC2)C1. The van der Waals surface area contributed by atoms with E-state index in [0.29, 0.717) is 45.4 Å². The van der Waals surface area contributed by atoms with Crippen LogP contribution in [-0.2, 0) is 14.3 Å². The molecule has 1 N–H and O–H groups in total. The summed E-state index contributed by atoms with van der Waals surface area (Å²) in [6.07, 6.45) is 2.01. The number of nitrogens with zero attached hydrogens (tertiary/aromatic N) is 1. The second kappa shape index (κ2) is 8.98. The van der Waals surface area contributed by atoms with E-state index in [4.69, 9.17) is 9.47 Å². The lowest BCUT2D eigenvalue weighted by Gasteiger charge is -2.50. The molecule has 2 aliphatic carbocycles. The minimum atomic E-state index is -0.838. The maximum atomic E-state index is 12.9. The lowest BCUT2D eigenvalue weighted by atomic mass is 9.62. The number of likely N-dealkylation sites (tertiary alicyclic amines) is 1. The highest BCUT2D eigenvalue weighted by molar-refractivity contribution is 5.79. The monoisotopic (exact) mass is 477 g/mol. The molecule has 1 heterocycles. The van der Waals surface area contributed by atoms with Gasteiger partial charge in [-0.1, -0.05) is 48.5 Å². The number of hydrogen-bond donors (Lipinski definition) is 1. The number of ether oxygens (including phenoxy) is 2. The maximum Gasteiger partial charge on any atom is 0.409 e. The number of amides is 1. The van der Waals surface area contributed by atoms with Crippen molar-refractivity contribution in [2.75, 3.05) is 19.7 Å². The van der Waals surface area contributed by atoms with Crippen LogP contribution in [0.15, 0.2) is 48.5 Å². The van der Waals surface area contributed by atoms with Crippen LogP contribution < -0.4 is 0 Å². The van der Waals surface area contributed by atoms with Gasteiger partial charge in [-0.2, -0.15) is 0 Å². The Morgan fingerprint density at radius 2 is 1.51 bits per heavy atom. The van der Waals surface area contributed by atoms with Crippen molar-refractivity contribution in [3.05, 3.63) is 59.7 Å². The second-order valence-electron chi connectivity index (χ2n) is 11.3. The molecule has 0 bridgehead atoms. The first-order valence-electron chi connectivity index (χ1n) is 12.7. The molecular weight excluding hydrogens is 442 g/mol. The number of carbonyl (C=O) groups excluding carboxylic acids is 2. The molecule has 35 heavy (non-hydrogen) atoms. The van der Waals surface area contributed by atoms with Crippen molar-refractivity contribution in [2.45, 2.75) is 63.6 Å². The Balaban J connectivity index is 1.13. The number of benzene rings is 2. The third kappa shape index (κ3) is 4.68. The van der Waals surface area contributed by atoms with E-state index in [0.717, 1.165) is 0 Å². The number of rotatable bonds is 4. The smallest absolute Gasteiger partial charge is 0.409 e. The summed E-state index contributed by atoms with van der Waals surface area (Å²) in [5.74, 6) is -0.333. The normalized spacial score (nSPS) is 24.3. The Morgan fingerprint density at radius 3 is 2.06 bits per heavy atom. The summed E-state index contributed by atoms with van der Waals surface area (Å²) >= 11 is 0. The second-order valence-corrected chi connectivity index (χ2v) is 11.3. The Kier molecular flexibility index (Phi) is 6.12. The van der Waals surface area contributed by atoms with Crippen molar-refractivity contribution in [2.24, 2.45) is 11.8 Å². The fraction of sp³-hybridized carbons (Fsp3) is 0.517. The average Bonchev–Trinajstić information content (AvgIpc) is 3.13. The van der Waals surface area contributed by atoms with Crippen LogP contribution in [0.25, 0.3) is 11.1 Å². The Hall–Kier alpha value is -2.86. The Bertz CT molecular complexity index is 1060. The zero-order valence-corrected chi connectivity index (χ0v) is 20.8. The van der Waals surface area contributed by atoms with Gasteiger partial charge in [0.1, 0.15) is 12.2 Å². The largest absolute Gasteiger partial charge is 0.460 e. The van der Waals surface area contributed by atoms with Crippen molar-refractivity contribution < 1.29 is 24.2 Å². The van der Waals surface area contributed by atoms with E-state index < -0.39 is 11.2 Å². The van der Waals surface area contributed by atoms with Crippen molar-refractivity contribution in [3.8, 4) is 11.1 Å².